The van der Waals surface area contributed by atoms with E-state index in [9.17, 15) is 9.90 Å². The third kappa shape index (κ3) is 2.50. The standard InChI is InChI=1S/C15H20O3/c1-15(12-3-5-13(16)6-4-12)9-7-11(8-10-15)14(17)18-2/h3-6,11,16H,7-10H2,1-2H3/t11-,15-. The second-order valence-corrected chi connectivity index (χ2v) is 5.40. The Bertz CT molecular complexity index is 414. The number of carbonyl (C=O) groups is 1. The molecule has 1 saturated carbocycles. The van der Waals surface area contributed by atoms with E-state index in [0.717, 1.165) is 25.7 Å². The SMILES string of the molecule is COC(=O)[C@H]1CC[C@](C)(c2ccc(O)cc2)CC1. The van der Waals surface area contributed by atoms with Crippen LogP contribution in [0, 0.1) is 5.92 Å². The molecule has 1 aromatic rings. The van der Waals surface area contributed by atoms with Gasteiger partial charge in [0.05, 0.1) is 13.0 Å². The molecule has 0 aliphatic heterocycles. The van der Waals surface area contributed by atoms with Crippen molar-refractivity contribution >= 4 is 5.97 Å². The summed E-state index contributed by atoms with van der Waals surface area (Å²) in [5, 5.41) is 9.32. The average Bonchev–Trinajstić information content (AvgIpc) is 2.39. The van der Waals surface area contributed by atoms with E-state index >= 15 is 0 Å². The van der Waals surface area contributed by atoms with Crippen LogP contribution in [0.5, 0.6) is 5.75 Å². The van der Waals surface area contributed by atoms with Gasteiger partial charge in [0, 0.05) is 0 Å². The summed E-state index contributed by atoms with van der Waals surface area (Å²) in [6, 6.07) is 7.42. The van der Waals surface area contributed by atoms with Crippen molar-refractivity contribution in [2.75, 3.05) is 7.11 Å². The molecule has 0 unspecified atom stereocenters. The second kappa shape index (κ2) is 5.01. The van der Waals surface area contributed by atoms with Crippen LogP contribution in [0.1, 0.15) is 38.2 Å². The van der Waals surface area contributed by atoms with Crippen LogP contribution in [0.4, 0.5) is 0 Å². The number of carbonyl (C=O) groups excluding carboxylic acids is 1. The molecular formula is C15H20O3. The Morgan fingerprint density at radius 2 is 1.83 bits per heavy atom. The van der Waals surface area contributed by atoms with E-state index in [1.54, 1.807) is 12.1 Å². The fourth-order valence-electron chi connectivity index (χ4n) is 2.81. The van der Waals surface area contributed by atoms with E-state index < -0.39 is 0 Å². The number of hydrogen-bond donors (Lipinski definition) is 1. The molecule has 0 spiro atoms. The van der Waals surface area contributed by atoms with Gasteiger partial charge in [-0.05, 0) is 48.8 Å². The second-order valence-electron chi connectivity index (χ2n) is 5.40. The van der Waals surface area contributed by atoms with Crippen molar-refractivity contribution in [2.24, 2.45) is 5.92 Å². The molecule has 0 radical (unpaired) electrons. The highest BCUT2D eigenvalue weighted by atomic mass is 16.5. The monoisotopic (exact) mass is 248 g/mol. The van der Waals surface area contributed by atoms with Gasteiger partial charge < -0.3 is 9.84 Å². The number of hydrogen-bond acceptors (Lipinski definition) is 3. The van der Waals surface area contributed by atoms with Gasteiger partial charge in [-0.1, -0.05) is 19.1 Å². The molecule has 2 rings (SSSR count). The molecule has 1 fully saturated rings. The van der Waals surface area contributed by atoms with Crippen molar-refractivity contribution in [3.05, 3.63) is 29.8 Å². The van der Waals surface area contributed by atoms with Crippen LogP contribution in [0.2, 0.25) is 0 Å². The van der Waals surface area contributed by atoms with Crippen molar-refractivity contribution < 1.29 is 14.6 Å². The number of methoxy groups -OCH3 is 1. The molecule has 1 aliphatic rings. The zero-order valence-electron chi connectivity index (χ0n) is 11.0. The maximum absolute atomic E-state index is 11.5. The number of phenolic OH excluding ortho intramolecular Hbond substituents is 1. The minimum atomic E-state index is -0.0808. The topological polar surface area (TPSA) is 46.5 Å². The van der Waals surface area contributed by atoms with Crippen LogP contribution in [0.25, 0.3) is 0 Å². The van der Waals surface area contributed by atoms with Crippen LogP contribution in [0.3, 0.4) is 0 Å². The third-order valence-electron chi connectivity index (χ3n) is 4.19. The Labute approximate surface area is 108 Å². The van der Waals surface area contributed by atoms with Crippen molar-refractivity contribution in [1.29, 1.82) is 0 Å². The van der Waals surface area contributed by atoms with Gasteiger partial charge in [0.25, 0.3) is 0 Å². The molecule has 3 nitrogen and oxygen atoms in total. The van der Waals surface area contributed by atoms with E-state index in [2.05, 4.69) is 6.92 Å². The Morgan fingerprint density at radius 3 is 2.33 bits per heavy atom. The molecule has 3 heteroatoms. The number of ether oxygens (including phenoxy) is 1. The van der Waals surface area contributed by atoms with E-state index in [-0.39, 0.29) is 17.3 Å². The van der Waals surface area contributed by atoms with E-state index in [4.69, 9.17) is 4.74 Å². The molecule has 0 bridgehead atoms. The molecule has 18 heavy (non-hydrogen) atoms. The Hall–Kier alpha value is -1.51. The summed E-state index contributed by atoms with van der Waals surface area (Å²) < 4.78 is 4.81. The number of aromatic hydroxyl groups is 1. The average molecular weight is 248 g/mol. The van der Waals surface area contributed by atoms with Gasteiger partial charge in [0.15, 0.2) is 0 Å². The molecule has 1 N–H and O–H groups in total. The zero-order valence-corrected chi connectivity index (χ0v) is 11.0. The minimum Gasteiger partial charge on any atom is -0.508 e. The Morgan fingerprint density at radius 1 is 1.28 bits per heavy atom. The Balaban J connectivity index is 2.07. The predicted molar refractivity (Wildman–Crippen MR) is 69.4 cm³/mol. The lowest BCUT2D eigenvalue weighted by atomic mass is 9.68. The normalized spacial score (nSPS) is 27.8. The smallest absolute Gasteiger partial charge is 0.308 e. The first-order chi connectivity index (χ1) is 8.55. The number of phenols is 1. The molecule has 1 aliphatic carbocycles. The molecule has 0 saturated heterocycles. The van der Waals surface area contributed by atoms with Gasteiger partial charge in [0.2, 0.25) is 0 Å². The van der Waals surface area contributed by atoms with Gasteiger partial charge >= 0.3 is 5.97 Å². The molecule has 0 atom stereocenters. The van der Waals surface area contributed by atoms with Crippen molar-refractivity contribution in [3.8, 4) is 5.75 Å². The summed E-state index contributed by atoms with van der Waals surface area (Å²) in [5.41, 5.74) is 1.35. The van der Waals surface area contributed by atoms with Crippen LogP contribution in [-0.2, 0) is 14.9 Å². The highest BCUT2D eigenvalue weighted by molar-refractivity contribution is 5.72. The quantitative estimate of drug-likeness (QED) is 0.818. The van der Waals surface area contributed by atoms with Crippen LogP contribution in [-0.4, -0.2) is 18.2 Å². The fraction of sp³-hybridized carbons (Fsp3) is 0.533. The van der Waals surface area contributed by atoms with E-state index in [0.29, 0.717) is 5.75 Å². The minimum absolute atomic E-state index is 0.0557. The van der Waals surface area contributed by atoms with E-state index in [1.165, 1.54) is 12.7 Å². The van der Waals surface area contributed by atoms with Crippen LogP contribution >= 0.6 is 0 Å². The predicted octanol–water partition coefficient (Wildman–Crippen LogP) is 3.01. The highest BCUT2D eigenvalue weighted by Gasteiger charge is 2.35. The maximum atomic E-state index is 11.5. The summed E-state index contributed by atoms with van der Waals surface area (Å²) in [5.74, 6) is 0.272. The van der Waals surface area contributed by atoms with Gasteiger partial charge in [-0.3, -0.25) is 4.79 Å². The summed E-state index contributed by atoms with van der Waals surface area (Å²) in [7, 11) is 1.45. The number of rotatable bonds is 2. The summed E-state index contributed by atoms with van der Waals surface area (Å²) in [4.78, 5) is 11.5. The summed E-state index contributed by atoms with van der Waals surface area (Å²) in [6.45, 7) is 2.23. The highest BCUT2D eigenvalue weighted by Crippen LogP contribution is 2.41. The largest absolute Gasteiger partial charge is 0.508 e. The molecule has 1 aromatic carbocycles. The van der Waals surface area contributed by atoms with Gasteiger partial charge in [-0.15, -0.1) is 0 Å². The number of esters is 1. The molecule has 0 heterocycles. The molecular weight excluding hydrogens is 228 g/mol. The molecule has 0 amide bonds. The Kier molecular flexibility index (Phi) is 3.60. The first kappa shape index (κ1) is 12.9. The van der Waals surface area contributed by atoms with Gasteiger partial charge in [-0.2, -0.15) is 0 Å². The van der Waals surface area contributed by atoms with Crippen LogP contribution < -0.4 is 0 Å². The van der Waals surface area contributed by atoms with Crippen LogP contribution in [0.15, 0.2) is 24.3 Å². The maximum Gasteiger partial charge on any atom is 0.308 e. The lowest BCUT2D eigenvalue weighted by molar-refractivity contribution is -0.146. The zero-order chi connectivity index (χ0) is 13.2. The van der Waals surface area contributed by atoms with Crippen molar-refractivity contribution in [1.82, 2.24) is 0 Å². The first-order valence-electron chi connectivity index (χ1n) is 6.42. The van der Waals surface area contributed by atoms with Crippen molar-refractivity contribution in [3.63, 3.8) is 0 Å². The lowest BCUT2D eigenvalue weighted by Crippen LogP contribution is -2.31. The van der Waals surface area contributed by atoms with E-state index in [1.807, 2.05) is 12.1 Å². The van der Waals surface area contributed by atoms with Gasteiger partial charge in [-0.25, -0.2) is 0 Å². The third-order valence-corrected chi connectivity index (χ3v) is 4.19. The number of benzene rings is 1. The molecule has 98 valence electrons. The van der Waals surface area contributed by atoms with Crippen molar-refractivity contribution in [2.45, 2.75) is 38.0 Å². The fourth-order valence-corrected chi connectivity index (χ4v) is 2.81. The first-order valence-corrected chi connectivity index (χ1v) is 6.42. The summed E-state index contributed by atoms with van der Waals surface area (Å²) >= 11 is 0. The summed E-state index contributed by atoms with van der Waals surface area (Å²) in [6.07, 6.45) is 3.73. The van der Waals surface area contributed by atoms with Gasteiger partial charge in [0.1, 0.15) is 5.75 Å². The molecule has 0 aromatic heterocycles. The lowest BCUT2D eigenvalue weighted by Gasteiger charge is -2.37.